The van der Waals surface area contributed by atoms with Gasteiger partial charge in [-0.25, -0.2) is 4.39 Å². The monoisotopic (exact) mass is 313 g/mol. The second kappa shape index (κ2) is 8.05. The number of hydrogen-bond acceptors (Lipinski definition) is 2. The van der Waals surface area contributed by atoms with Crippen molar-refractivity contribution in [2.75, 3.05) is 5.32 Å². The predicted molar refractivity (Wildman–Crippen MR) is 94.3 cm³/mol. The maximum absolute atomic E-state index is 13.4. The maximum Gasteiger partial charge on any atom is 0.191 e. The molecule has 0 aromatic heterocycles. The molecular weight excluding hydrogens is 297 g/mol. The van der Waals surface area contributed by atoms with Gasteiger partial charge >= 0.3 is 0 Å². The zero-order valence-electron chi connectivity index (χ0n) is 12.1. The lowest BCUT2D eigenvalue weighted by molar-refractivity contribution is 0.632. The molecule has 0 fully saturated rings. The molecule has 2 N–H and O–H groups in total. The van der Waals surface area contributed by atoms with Gasteiger partial charge < -0.3 is 5.32 Å². The maximum atomic E-state index is 13.4. The van der Waals surface area contributed by atoms with Gasteiger partial charge in [-0.1, -0.05) is 48.5 Å². The molecule has 0 aliphatic heterocycles. The Hall–Kier alpha value is -2.53. The summed E-state index contributed by atoms with van der Waals surface area (Å²) < 4.78 is 13.4. The molecule has 0 saturated heterocycles. The van der Waals surface area contributed by atoms with Crippen LogP contribution >= 0.6 is 12.2 Å². The smallest absolute Gasteiger partial charge is 0.191 e. The first-order chi connectivity index (χ1) is 10.6. The lowest BCUT2D eigenvalue weighted by atomic mass is 10.1. The average Bonchev–Trinajstić information content (AvgIpc) is 2.50. The number of para-hydroxylation sites is 1. The van der Waals surface area contributed by atoms with Crippen molar-refractivity contribution in [3.8, 4) is 0 Å². The van der Waals surface area contributed by atoms with E-state index < -0.39 is 0 Å². The van der Waals surface area contributed by atoms with Crippen molar-refractivity contribution < 1.29 is 4.39 Å². The average molecular weight is 313 g/mol. The Kier molecular flexibility index (Phi) is 5.80. The van der Waals surface area contributed by atoms with E-state index in [2.05, 4.69) is 15.8 Å². The molecule has 0 saturated carbocycles. The van der Waals surface area contributed by atoms with Crippen molar-refractivity contribution in [2.45, 2.75) is 6.92 Å². The first-order valence-corrected chi connectivity index (χ1v) is 7.14. The Morgan fingerprint density at radius 2 is 1.77 bits per heavy atom. The number of hydrogen-bond donors (Lipinski definition) is 2. The minimum Gasteiger partial charge on any atom is -0.329 e. The summed E-state index contributed by atoms with van der Waals surface area (Å²) in [6.07, 6.45) is 3.65. The van der Waals surface area contributed by atoms with Gasteiger partial charge in [0, 0.05) is 0 Å². The van der Waals surface area contributed by atoms with Crippen LogP contribution in [-0.4, -0.2) is 11.3 Å². The molecule has 2 aromatic rings. The van der Waals surface area contributed by atoms with Crippen LogP contribution in [0.4, 0.5) is 10.1 Å². The van der Waals surface area contributed by atoms with E-state index in [1.165, 1.54) is 6.07 Å². The highest BCUT2D eigenvalue weighted by Gasteiger charge is 2.01. The number of allylic oxidation sites excluding steroid dienone is 1. The zero-order valence-corrected chi connectivity index (χ0v) is 12.9. The van der Waals surface area contributed by atoms with Gasteiger partial charge in [0.15, 0.2) is 5.11 Å². The van der Waals surface area contributed by atoms with E-state index >= 15 is 0 Å². The molecule has 0 aliphatic rings. The first-order valence-electron chi connectivity index (χ1n) is 6.73. The summed E-state index contributed by atoms with van der Waals surface area (Å²) in [6, 6.07) is 16.2. The van der Waals surface area contributed by atoms with Crippen molar-refractivity contribution in [3.63, 3.8) is 0 Å². The van der Waals surface area contributed by atoms with Crippen LogP contribution in [0.5, 0.6) is 0 Å². The molecular formula is C17H16FN3S. The number of hydrazone groups is 1. The fourth-order valence-corrected chi connectivity index (χ4v) is 1.92. The van der Waals surface area contributed by atoms with Gasteiger partial charge in [-0.3, -0.25) is 5.43 Å². The van der Waals surface area contributed by atoms with Crippen LogP contribution in [0, 0.1) is 5.82 Å². The van der Waals surface area contributed by atoms with Crippen molar-refractivity contribution in [1.29, 1.82) is 0 Å². The van der Waals surface area contributed by atoms with Crippen LogP contribution in [0.1, 0.15) is 12.5 Å². The fourth-order valence-electron chi connectivity index (χ4n) is 1.75. The lowest BCUT2D eigenvalue weighted by Gasteiger charge is -2.07. The molecule has 112 valence electrons. The van der Waals surface area contributed by atoms with Gasteiger partial charge in [0.1, 0.15) is 5.82 Å². The third-order valence-electron chi connectivity index (χ3n) is 2.75. The standard InChI is InChI=1S/C17H16FN3S/c1-13(11-14-7-3-2-4-8-14)12-19-21-17(22)20-16-10-6-5-9-15(16)18/h2-12H,1H3,(H2,20,21,22)/b13-11+,19-12-. The van der Waals surface area contributed by atoms with Gasteiger partial charge in [0.05, 0.1) is 11.9 Å². The highest BCUT2D eigenvalue weighted by Crippen LogP contribution is 2.11. The molecule has 0 unspecified atom stereocenters. The molecule has 0 aliphatic carbocycles. The van der Waals surface area contributed by atoms with Crippen molar-refractivity contribution >= 4 is 35.3 Å². The second-order valence-electron chi connectivity index (χ2n) is 4.60. The van der Waals surface area contributed by atoms with Crippen LogP contribution < -0.4 is 10.7 Å². The summed E-state index contributed by atoms with van der Waals surface area (Å²) in [5, 5.41) is 7.00. The Bertz CT molecular complexity index is 696. The summed E-state index contributed by atoms with van der Waals surface area (Å²) in [4.78, 5) is 0. The van der Waals surface area contributed by atoms with E-state index in [1.807, 2.05) is 43.3 Å². The van der Waals surface area contributed by atoms with Crippen LogP contribution in [0.15, 0.2) is 65.3 Å². The summed E-state index contributed by atoms with van der Waals surface area (Å²) in [6.45, 7) is 1.94. The third kappa shape index (κ3) is 5.10. The minimum absolute atomic E-state index is 0.230. The summed E-state index contributed by atoms with van der Waals surface area (Å²) in [7, 11) is 0. The number of nitrogens with one attached hydrogen (secondary N) is 2. The normalized spacial score (nSPS) is 11.5. The molecule has 0 atom stereocenters. The van der Waals surface area contributed by atoms with E-state index in [9.17, 15) is 4.39 Å². The number of benzene rings is 2. The summed E-state index contributed by atoms with van der Waals surface area (Å²) in [5.41, 5.74) is 5.03. The van der Waals surface area contributed by atoms with E-state index in [0.29, 0.717) is 5.69 Å². The quantitative estimate of drug-likeness (QED) is 0.504. The van der Waals surface area contributed by atoms with Crippen LogP contribution in [-0.2, 0) is 0 Å². The Labute approximate surface area is 134 Å². The van der Waals surface area contributed by atoms with Gasteiger partial charge in [-0.15, -0.1) is 0 Å². The number of anilines is 1. The SMILES string of the molecule is CC(/C=N\NC(=S)Nc1ccccc1F)=C\c1ccccc1. The van der Waals surface area contributed by atoms with Crippen molar-refractivity contribution in [2.24, 2.45) is 5.10 Å². The third-order valence-corrected chi connectivity index (χ3v) is 2.94. The van der Waals surface area contributed by atoms with E-state index in [0.717, 1.165) is 11.1 Å². The van der Waals surface area contributed by atoms with Gasteiger partial charge in [0.25, 0.3) is 0 Å². The second-order valence-corrected chi connectivity index (χ2v) is 5.01. The van der Waals surface area contributed by atoms with Crippen LogP contribution in [0.3, 0.4) is 0 Å². The zero-order chi connectivity index (χ0) is 15.8. The molecule has 3 nitrogen and oxygen atoms in total. The highest BCUT2D eigenvalue weighted by molar-refractivity contribution is 7.80. The fraction of sp³-hybridized carbons (Fsp3) is 0.0588. The largest absolute Gasteiger partial charge is 0.329 e. The molecule has 22 heavy (non-hydrogen) atoms. The van der Waals surface area contributed by atoms with Gasteiger partial charge in [-0.2, -0.15) is 5.10 Å². The number of rotatable bonds is 4. The molecule has 0 radical (unpaired) electrons. The Morgan fingerprint density at radius 1 is 1.09 bits per heavy atom. The predicted octanol–water partition coefficient (Wildman–Crippen LogP) is 4.20. The van der Waals surface area contributed by atoms with E-state index in [-0.39, 0.29) is 10.9 Å². The number of thiocarbonyl (C=S) groups is 1. The molecule has 0 heterocycles. The topological polar surface area (TPSA) is 36.4 Å². The number of halogens is 1. The number of nitrogens with zero attached hydrogens (tertiary/aromatic N) is 1. The van der Waals surface area contributed by atoms with Crippen molar-refractivity contribution in [1.82, 2.24) is 5.43 Å². The summed E-state index contributed by atoms with van der Waals surface area (Å²) >= 11 is 5.06. The van der Waals surface area contributed by atoms with E-state index in [1.54, 1.807) is 24.4 Å². The Morgan fingerprint density at radius 3 is 2.50 bits per heavy atom. The molecule has 0 amide bonds. The van der Waals surface area contributed by atoms with Gasteiger partial charge in [-0.05, 0) is 42.4 Å². The summed E-state index contributed by atoms with van der Waals surface area (Å²) in [5.74, 6) is -0.365. The molecule has 0 spiro atoms. The minimum atomic E-state index is -0.365. The molecule has 0 bridgehead atoms. The van der Waals surface area contributed by atoms with E-state index in [4.69, 9.17) is 12.2 Å². The molecule has 5 heteroatoms. The molecule has 2 rings (SSSR count). The lowest BCUT2D eigenvalue weighted by Crippen LogP contribution is -2.24. The highest BCUT2D eigenvalue weighted by atomic mass is 32.1. The van der Waals surface area contributed by atoms with Crippen LogP contribution in [0.25, 0.3) is 6.08 Å². The Balaban J connectivity index is 1.88. The molecule has 2 aromatic carbocycles. The van der Waals surface area contributed by atoms with Crippen LogP contribution in [0.2, 0.25) is 0 Å². The first kappa shape index (κ1) is 15.9. The van der Waals surface area contributed by atoms with Crippen molar-refractivity contribution in [3.05, 3.63) is 71.6 Å². The van der Waals surface area contributed by atoms with Gasteiger partial charge in [0.2, 0.25) is 0 Å².